The van der Waals surface area contributed by atoms with Crippen molar-refractivity contribution in [3.8, 4) is 11.5 Å². The third kappa shape index (κ3) is 5.22. The highest BCUT2D eigenvalue weighted by Crippen LogP contribution is 2.29. The Morgan fingerprint density at radius 1 is 1.03 bits per heavy atom. The molecule has 1 saturated heterocycles. The fraction of sp³-hybridized carbons (Fsp3) is 0.360. The minimum absolute atomic E-state index is 0.0167. The van der Waals surface area contributed by atoms with Crippen molar-refractivity contribution in [1.82, 2.24) is 10.2 Å². The maximum absolute atomic E-state index is 12.8. The Balaban J connectivity index is 1.39. The highest BCUT2D eigenvalue weighted by molar-refractivity contribution is 7.17. The second kappa shape index (κ2) is 10.5. The summed E-state index contributed by atoms with van der Waals surface area (Å²) < 4.78 is 12.7. The van der Waals surface area contributed by atoms with Gasteiger partial charge in [-0.05, 0) is 66.8 Å². The molecule has 1 N–H and O–H groups in total. The Morgan fingerprint density at radius 3 is 2.66 bits per heavy atom. The second-order valence-electron chi connectivity index (χ2n) is 7.76. The number of amides is 2. The van der Waals surface area contributed by atoms with Gasteiger partial charge in [-0.3, -0.25) is 9.59 Å². The van der Waals surface area contributed by atoms with Crippen LogP contribution in [0.4, 0.5) is 0 Å². The molecule has 2 amide bonds. The van der Waals surface area contributed by atoms with E-state index in [0.29, 0.717) is 30.2 Å². The first-order valence-electron chi connectivity index (χ1n) is 11.1. The molecule has 0 bridgehead atoms. The first kappa shape index (κ1) is 22.1. The van der Waals surface area contributed by atoms with Gasteiger partial charge >= 0.3 is 0 Å². The molecule has 2 heterocycles. The molecule has 4 rings (SSSR count). The maximum atomic E-state index is 12.8. The van der Waals surface area contributed by atoms with E-state index < -0.39 is 0 Å². The Hall–Kier alpha value is -3.06. The standard InChI is InChI=1S/C25H28N2O4S/c1-2-30-22-14-18(10-11-21(22)31-16-24(28)27-12-6-3-7-13-27)25(29)26-15-19-17-32-23-9-5-4-8-20(19)23/h4-5,8-11,14,17H,2-3,6-7,12-13,15-16H2,1H3,(H,26,29). The van der Waals surface area contributed by atoms with E-state index in [1.54, 1.807) is 29.5 Å². The van der Waals surface area contributed by atoms with Gasteiger partial charge < -0.3 is 19.7 Å². The number of carbonyl (C=O) groups is 2. The molecule has 6 nitrogen and oxygen atoms in total. The lowest BCUT2D eigenvalue weighted by Gasteiger charge is -2.26. The van der Waals surface area contributed by atoms with Gasteiger partial charge in [-0.2, -0.15) is 0 Å². The van der Waals surface area contributed by atoms with Crippen LogP contribution in [0.25, 0.3) is 10.1 Å². The van der Waals surface area contributed by atoms with E-state index in [-0.39, 0.29) is 18.4 Å². The first-order chi connectivity index (χ1) is 15.7. The molecule has 32 heavy (non-hydrogen) atoms. The molecule has 0 unspecified atom stereocenters. The minimum atomic E-state index is -0.183. The van der Waals surface area contributed by atoms with E-state index in [2.05, 4.69) is 22.8 Å². The summed E-state index contributed by atoms with van der Waals surface area (Å²) in [6, 6.07) is 13.2. The van der Waals surface area contributed by atoms with Crippen molar-refractivity contribution in [1.29, 1.82) is 0 Å². The molecule has 168 valence electrons. The van der Waals surface area contributed by atoms with Crippen LogP contribution in [0.1, 0.15) is 42.1 Å². The molecular formula is C25H28N2O4S. The predicted molar refractivity (Wildman–Crippen MR) is 127 cm³/mol. The molecule has 0 saturated carbocycles. The lowest BCUT2D eigenvalue weighted by Crippen LogP contribution is -2.38. The van der Waals surface area contributed by atoms with Gasteiger partial charge in [-0.1, -0.05) is 18.2 Å². The van der Waals surface area contributed by atoms with Crippen molar-refractivity contribution in [2.24, 2.45) is 0 Å². The third-order valence-electron chi connectivity index (χ3n) is 5.57. The van der Waals surface area contributed by atoms with Crippen molar-refractivity contribution in [2.75, 3.05) is 26.3 Å². The van der Waals surface area contributed by atoms with E-state index in [0.717, 1.165) is 36.9 Å². The van der Waals surface area contributed by atoms with Crippen LogP contribution in [-0.4, -0.2) is 43.0 Å². The second-order valence-corrected chi connectivity index (χ2v) is 8.68. The smallest absolute Gasteiger partial charge is 0.260 e. The summed E-state index contributed by atoms with van der Waals surface area (Å²) in [6.07, 6.45) is 3.26. The van der Waals surface area contributed by atoms with Crippen LogP contribution in [0.2, 0.25) is 0 Å². The molecule has 0 spiro atoms. The highest BCUT2D eigenvalue weighted by atomic mass is 32.1. The topological polar surface area (TPSA) is 67.9 Å². The average Bonchev–Trinajstić information content (AvgIpc) is 3.25. The van der Waals surface area contributed by atoms with Crippen molar-refractivity contribution >= 4 is 33.2 Å². The minimum Gasteiger partial charge on any atom is -0.490 e. The van der Waals surface area contributed by atoms with Crippen LogP contribution < -0.4 is 14.8 Å². The predicted octanol–water partition coefficient (Wildman–Crippen LogP) is 4.62. The van der Waals surface area contributed by atoms with Gasteiger partial charge in [-0.25, -0.2) is 0 Å². The zero-order chi connectivity index (χ0) is 22.3. The molecule has 2 aromatic carbocycles. The Kier molecular flexibility index (Phi) is 7.27. The zero-order valence-corrected chi connectivity index (χ0v) is 19.1. The van der Waals surface area contributed by atoms with Crippen LogP contribution in [-0.2, 0) is 11.3 Å². The molecule has 1 aromatic heterocycles. The Bertz CT molecular complexity index is 1090. The largest absolute Gasteiger partial charge is 0.490 e. The quantitative estimate of drug-likeness (QED) is 0.542. The summed E-state index contributed by atoms with van der Waals surface area (Å²) >= 11 is 1.67. The summed E-state index contributed by atoms with van der Waals surface area (Å²) in [4.78, 5) is 27.0. The lowest BCUT2D eigenvalue weighted by molar-refractivity contribution is -0.134. The molecule has 1 fully saturated rings. The molecule has 7 heteroatoms. The van der Waals surface area contributed by atoms with Gasteiger partial charge in [0.2, 0.25) is 0 Å². The fourth-order valence-electron chi connectivity index (χ4n) is 3.86. The number of fused-ring (bicyclic) bond motifs is 1. The summed E-state index contributed by atoms with van der Waals surface area (Å²) in [6.45, 7) is 4.31. The lowest BCUT2D eigenvalue weighted by atomic mass is 10.1. The van der Waals surface area contributed by atoms with Gasteiger partial charge in [0.05, 0.1) is 6.61 Å². The van der Waals surface area contributed by atoms with Crippen molar-refractivity contribution in [3.05, 3.63) is 59.0 Å². The number of nitrogens with zero attached hydrogens (tertiary/aromatic N) is 1. The molecule has 3 aromatic rings. The molecule has 0 aliphatic carbocycles. The number of nitrogens with one attached hydrogen (secondary N) is 1. The van der Waals surface area contributed by atoms with Gasteiger partial charge in [0.1, 0.15) is 0 Å². The van der Waals surface area contributed by atoms with Gasteiger partial charge in [0, 0.05) is 29.9 Å². The molecule has 1 aliphatic heterocycles. The van der Waals surface area contributed by atoms with Crippen LogP contribution >= 0.6 is 11.3 Å². The van der Waals surface area contributed by atoms with E-state index >= 15 is 0 Å². The summed E-state index contributed by atoms with van der Waals surface area (Å²) in [5.74, 6) is 0.735. The van der Waals surface area contributed by atoms with Gasteiger partial charge in [0.15, 0.2) is 18.1 Å². The molecular weight excluding hydrogens is 424 g/mol. The maximum Gasteiger partial charge on any atom is 0.260 e. The van der Waals surface area contributed by atoms with E-state index in [1.807, 2.05) is 24.0 Å². The number of ether oxygens (including phenoxy) is 2. The number of hydrogen-bond acceptors (Lipinski definition) is 5. The van der Waals surface area contributed by atoms with E-state index in [1.165, 1.54) is 11.1 Å². The van der Waals surface area contributed by atoms with Crippen molar-refractivity contribution < 1.29 is 19.1 Å². The summed E-state index contributed by atoms with van der Waals surface area (Å²) in [7, 11) is 0. The van der Waals surface area contributed by atoms with Crippen LogP contribution in [0.3, 0.4) is 0 Å². The first-order valence-corrected chi connectivity index (χ1v) is 11.9. The number of piperidine rings is 1. The Morgan fingerprint density at radius 2 is 1.84 bits per heavy atom. The van der Waals surface area contributed by atoms with Crippen molar-refractivity contribution in [3.63, 3.8) is 0 Å². The number of rotatable bonds is 8. The SMILES string of the molecule is CCOc1cc(C(=O)NCc2csc3ccccc23)ccc1OCC(=O)N1CCCCC1. The monoisotopic (exact) mass is 452 g/mol. The molecule has 0 radical (unpaired) electrons. The van der Waals surface area contributed by atoms with Gasteiger partial charge in [0.25, 0.3) is 11.8 Å². The summed E-state index contributed by atoms with van der Waals surface area (Å²) in [5, 5.41) is 6.22. The Labute approximate surface area is 192 Å². The number of thiophene rings is 1. The van der Waals surface area contributed by atoms with Crippen molar-refractivity contribution in [2.45, 2.75) is 32.7 Å². The average molecular weight is 453 g/mol. The number of likely N-dealkylation sites (tertiary alicyclic amines) is 1. The van der Waals surface area contributed by atoms with E-state index in [4.69, 9.17) is 9.47 Å². The number of hydrogen-bond donors (Lipinski definition) is 1. The van der Waals surface area contributed by atoms with E-state index in [9.17, 15) is 9.59 Å². The number of carbonyl (C=O) groups excluding carboxylic acids is 2. The van der Waals surface area contributed by atoms with Crippen LogP contribution in [0, 0.1) is 0 Å². The fourth-order valence-corrected chi connectivity index (χ4v) is 4.82. The normalized spacial score (nSPS) is 13.7. The van der Waals surface area contributed by atoms with Crippen LogP contribution in [0.5, 0.6) is 11.5 Å². The zero-order valence-electron chi connectivity index (χ0n) is 18.3. The van der Waals surface area contributed by atoms with Crippen LogP contribution in [0.15, 0.2) is 47.8 Å². The van der Waals surface area contributed by atoms with Gasteiger partial charge in [-0.15, -0.1) is 11.3 Å². The summed E-state index contributed by atoms with van der Waals surface area (Å²) in [5.41, 5.74) is 1.59. The third-order valence-corrected chi connectivity index (χ3v) is 6.58. The highest BCUT2D eigenvalue weighted by Gasteiger charge is 2.18. The molecule has 1 aliphatic rings. The molecule has 0 atom stereocenters. The number of benzene rings is 2.